The zero-order valence-corrected chi connectivity index (χ0v) is 8.21. The Morgan fingerprint density at radius 2 is 2.40 bits per heavy atom. The predicted molar refractivity (Wildman–Crippen MR) is 54.2 cm³/mol. The summed E-state index contributed by atoms with van der Waals surface area (Å²) in [6.45, 7) is -0.444. The summed E-state index contributed by atoms with van der Waals surface area (Å²) in [5.41, 5.74) is 0.778. The first-order chi connectivity index (χ1) is 7.22. The third kappa shape index (κ3) is 4.12. The lowest BCUT2D eigenvalue weighted by molar-refractivity contribution is -0.142. The molecule has 0 heterocycles. The predicted octanol–water partition coefficient (Wildman–Crippen LogP) is 1.13. The van der Waals surface area contributed by atoms with Crippen LogP contribution in [0.25, 0.3) is 0 Å². The molecule has 0 aliphatic heterocycles. The number of hydrogen-bond donors (Lipinski definition) is 1. The Labute approximate surface area is 86.9 Å². The monoisotopic (exact) mass is 209 g/mol. The van der Waals surface area contributed by atoms with Crippen LogP contribution >= 0.6 is 0 Å². The van der Waals surface area contributed by atoms with E-state index in [9.17, 15) is 4.79 Å². The highest BCUT2D eigenvalue weighted by molar-refractivity contribution is 5.79. The second-order valence-electron chi connectivity index (χ2n) is 2.68. The first-order valence-corrected chi connectivity index (χ1v) is 4.23. The summed E-state index contributed by atoms with van der Waals surface area (Å²) in [5, 5.41) is 11.8. The van der Waals surface area contributed by atoms with Gasteiger partial charge in [-0.25, -0.2) is 4.79 Å². The van der Waals surface area contributed by atoms with Crippen LogP contribution in [0.15, 0.2) is 29.4 Å². The SMILES string of the molecule is COc1cccc(C=NOCC(=O)O)c1. The second kappa shape index (κ2) is 5.64. The minimum absolute atomic E-state index is 0.444. The second-order valence-corrected chi connectivity index (χ2v) is 2.68. The van der Waals surface area contributed by atoms with E-state index < -0.39 is 12.6 Å². The Balaban J connectivity index is 2.52. The van der Waals surface area contributed by atoms with Gasteiger partial charge in [0, 0.05) is 0 Å². The minimum atomic E-state index is -1.06. The zero-order chi connectivity index (χ0) is 11.1. The molecule has 0 aliphatic carbocycles. The van der Waals surface area contributed by atoms with E-state index in [1.807, 2.05) is 0 Å². The van der Waals surface area contributed by atoms with Gasteiger partial charge in [0.15, 0.2) is 0 Å². The van der Waals surface area contributed by atoms with Crippen LogP contribution in [0.5, 0.6) is 5.75 Å². The summed E-state index contributed by atoms with van der Waals surface area (Å²) >= 11 is 0. The molecular weight excluding hydrogens is 198 g/mol. The molecule has 5 heteroatoms. The molecule has 0 aliphatic rings. The van der Waals surface area contributed by atoms with Crippen molar-refractivity contribution in [2.45, 2.75) is 0 Å². The highest BCUT2D eigenvalue weighted by Gasteiger charge is 1.94. The molecule has 0 unspecified atom stereocenters. The molecule has 1 aromatic rings. The minimum Gasteiger partial charge on any atom is -0.497 e. The number of methoxy groups -OCH3 is 1. The average Bonchev–Trinajstić information content (AvgIpc) is 2.24. The number of hydrogen-bond acceptors (Lipinski definition) is 4. The van der Waals surface area contributed by atoms with Gasteiger partial charge in [0.2, 0.25) is 6.61 Å². The molecule has 0 bridgehead atoms. The molecule has 0 amide bonds. The third-order valence-electron chi connectivity index (χ3n) is 1.56. The van der Waals surface area contributed by atoms with E-state index >= 15 is 0 Å². The van der Waals surface area contributed by atoms with Crippen molar-refractivity contribution in [3.05, 3.63) is 29.8 Å². The molecule has 0 radical (unpaired) electrons. The average molecular weight is 209 g/mol. The van der Waals surface area contributed by atoms with Crippen LogP contribution in [-0.4, -0.2) is 31.0 Å². The zero-order valence-electron chi connectivity index (χ0n) is 8.21. The molecule has 0 saturated heterocycles. The quantitative estimate of drug-likeness (QED) is 0.583. The number of ether oxygens (including phenoxy) is 1. The van der Waals surface area contributed by atoms with Crippen molar-refractivity contribution in [1.29, 1.82) is 0 Å². The molecule has 1 aromatic carbocycles. The van der Waals surface area contributed by atoms with Crippen molar-refractivity contribution in [1.82, 2.24) is 0 Å². The maximum Gasteiger partial charge on any atom is 0.344 e. The summed E-state index contributed by atoms with van der Waals surface area (Å²) in [6.07, 6.45) is 1.42. The Morgan fingerprint density at radius 3 is 3.07 bits per heavy atom. The van der Waals surface area contributed by atoms with E-state index in [2.05, 4.69) is 9.99 Å². The van der Waals surface area contributed by atoms with Crippen molar-refractivity contribution in [3.8, 4) is 5.75 Å². The number of carboxylic acid groups (broad SMARTS) is 1. The van der Waals surface area contributed by atoms with Gasteiger partial charge in [-0.1, -0.05) is 17.3 Å². The molecule has 15 heavy (non-hydrogen) atoms. The largest absolute Gasteiger partial charge is 0.497 e. The van der Waals surface area contributed by atoms with Crippen LogP contribution in [0.3, 0.4) is 0 Å². The van der Waals surface area contributed by atoms with Gasteiger partial charge in [-0.05, 0) is 17.7 Å². The molecule has 80 valence electrons. The van der Waals surface area contributed by atoms with Crippen molar-refractivity contribution in [2.75, 3.05) is 13.7 Å². The molecule has 0 fully saturated rings. The van der Waals surface area contributed by atoms with Gasteiger partial charge in [0.1, 0.15) is 5.75 Å². The third-order valence-corrected chi connectivity index (χ3v) is 1.56. The van der Waals surface area contributed by atoms with Gasteiger partial charge in [0.25, 0.3) is 0 Å². The fourth-order valence-corrected chi connectivity index (χ4v) is 0.912. The highest BCUT2D eigenvalue weighted by atomic mass is 16.6. The Morgan fingerprint density at radius 1 is 1.60 bits per heavy atom. The Bertz CT molecular complexity index is 362. The molecule has 0 saturated carbocycles. The molecule has 5 nitrogen and oxygen atoms in total. The van der Waals surface area contributed by atoms with Gasteiger partial charge in [0.05, 0.1) is 13.3 Å². The lowest BCUT2D eigenvalue weighted by Crippen LogP contribution is -2.03. The Hall–Kier alpha value is -2.04. The smallest absolute Gasteiger partial charge is 0.344 e. The number of aliphatic carboxylic acids is 1. The molecule has 0 atom stereocenters. The standard InChI is InChI=1S/C10H11NO4/c1-14-9-4-2-3-8(5-9)6-11-15-7-10(12)13/h2-6H,7H2,1H3,(H,12,13). The number of oxime groups is 1. The lowest BCUT2D eigenvalue weighted by Gasteiger charge is -1.99. The fourth-order valence-electron chi connectivity index (χ4n) is 0.912. The van der Waals surface area contributed by atoms with Gasteiger partial charge >= 0.3 is 5.97 Å². The molecule has 0 spiro atoms. The van der Waals surface area contributed by atoms with Crippen LogP contribution in [0.4, 0.5) is 0 Å². The summed E-state index contributed by atoms with van der Waals surface area (Å²) in [6, 6.07) is 7.16. The Kier molecular flexibility index (Phi) is 4.15. The number of benzene rings is 1. The fraction of sp³-hybridized carbons (Fsp3) is 0.200. The topological polar surface area (TPSA) is 68.1 Å². The molecule has 1 rings (SSSR count). The molecule has 0 aromatic heterocycles. The normalized spacial score (nSPS) is 10.2. The summed E-state index contributed by atoms with van der Waals surface area (Å²) < 4.78 is 5.00. The van der Waals surface area contributed by atoms with Crippen LogP contribution in [-0.2, 0) is 9.63 Å². The van der Waals surface area contributed by atoms with Crippen molar-refractivity contribution in [2.24, 2.45) is 5.16 Å². The van der Waals surface area contributed by atoms with E-state index in [0.29, 0.717) is 5.75 Å². The molecular formula is C10H11NO4. The van der Waals surface area contributed by atoms with E-state index in [-0.39, 0.29) is 0 Å². The van der Waals surface area contributed by atoms with E-state index in [4.69, 9.17) is 9.84 Å². The van der Waals surface area contributed by atoms with Gasteiger partial charge in [-0.15, -0.1) is 0 Å². The van der Waals surface area contributed by atoms with Crippen molar-refractivity contribution >= 4 is 12.2 Å². The lowest BCUT2D eigenvalue weighted by atomic mass is 10.2. The van der Waals surface area contributed by atoms with Crippen LogP contribution in [0.1, 0.15) is 5.56 Å². The van der Waals surface area contributed by atoms with Crippen LogP contribution in [0.2, 0.25) is 0 Å². The van der Waals surface area contributed by atoms with Crippen LogP contribution < -0.4 is 4.74 Å². The maximum atomic E-state index is 10.1. The first kappa shape index (κ1) is 11.0. The van der Waals surface area contributed by atoms with Gasteiger partial charge < -0.3 is 14.7 Å². The first-order valence-electron chi connectivity index (χ1n) is 4.23. The van der Waals surface area contributed by atoms with Crippen LogP contribution in [0, 0.1) is 0 Å². The summed E-state index contributed by atoms with van der Waals surface area (Å²) in [7, 11) is 1.57. The number of rotatable bonds is 5. The van der Waals surface area contributed by atoms with E-state index in [1.54, 1.807) is 31.4 Å². The summed E-state index contributed by atoms with van der Waals surface area (Å²) in [4.78, 5) is 14.6. The van der Waals surface area contributed by atoms with Gasteiger partial charge in [-0.2, -0.15) is 0 Å². The van der Waals surface area contributed by atoms with Gasteiger partial charge in [-0.3, -0.25) is 0 Å². The maximum absolute atomic E-state index is 10.1. The van der Waals surface area contributed by atoms with Crippen molar-refractivity contribution in [3.63, 3.8) is 0 Å². The highest BCUT2D eigenvalue weighted by Crippen LogP contribution is 2.10. The van der Waals surface area contributed by atoms with E-state index in [0.717, 1.165) is 5.56 Å². The number of carboxylic acids is 1. The van der Waals surface area contributed by atoms with Crippen molar-refractivity contribution < 1.29 is 19.5 Å². The number of carbonyl (C=O) groups is 1. The summed E-state index contributed by atoms with van der Waals surface area (Å²) in [5.74, 6) is -0.352. The van der Waals surface area contributed by atoms with E-state index in [1.165, 1.54) is 6.21 Å². The molecule has 1 N–H and O–H groups in total. The number of nitrogens with zero attached hydrogens (tertiary/aromatic N) is 1.